The SMILES string of the molecule is CCN1CCc2c(c3cc(C(=O)O)ccc3n2CCO)C1. The van der Waals surface area contributed by atoms with Crippen molar-refractivity contribution in [3.8, 4) is 0 Å². The highest BCUT2D eigenvalue weighted by atomic mass is 16.4. The second-order valence-electron chi connectivity index (χ2n) is 5.46. The number of rotatable bonds is 4. The number of hydrogen-bond donors (Lipinski definition) is 2. The van der Waals surface area contributed by atoms with Crippen LogP contribution in [-0.2, 0) is 19.5 Å². The molecule has 112 valence electrons. The third-order valence-corrected chi connectivity index (χ3v) is 4.35. The Balaban J connectivity index is 2.20. The molecule has 0 fully saturated rings. The van der Waals surface area contributed by atoms with Crippen LogP contribution in [0.4, 0.5) is 0 Å². The van der Waals surface area contributed by atoms with Gasteiger partial charge < -0.3 is 14.8 Å². The van der Waals surface area contributed by atoms with Gasteiger partial charge in [-0.1, -0.05) is 6.92 Å². The van der Waals surface area contributed by atoms with Crippen LogP contribution in [0.3, 0.4) is 0 Å². The number of likely N-dealkylation sites (N-methyl/N-ethyl adjacent to an activating group) is 1. The quantitative estimate of drug-likeness (QED) is 0.899. The van der Waals surface area contributed by atoms with Crippen molar-refractivity contribution in [3.05, 3.63) is 35.0 Å². The zero-order valence-electron chi connectivity index (χ0n) is 12.2. The number of aromatic nitrogens is 1. The Bertz CT molecular complexity index is 690. The van der Waals surface area contributed by atoms with Gasteiger partial charge in [-0.2, -0.15) is 0 Å². The summed E-state index contributed by atoms with van der Waals surface area (Å²) in [7, 11) is 0. The van der Waals surface area contributed by atoms with Crippen LogP contribution < -0.4 is 0 Å². The van der Waals surface area contributed by atoms with E-state index in [1.165, 1.54) is 11.3 Å². The topological polar surface area (TPSA) is 65.7 Å². The predicted octanol–water partition coefficient (Wildman–Crippen LogP) is 1.71. The van der Waals surface area contributed by atoms with Crippen molar-refractivity contribution in [2.75, 3.05) is 19.7 Å². The monoisotopic (exact) mass is 288 g/mol. The second-order valence-corrected chi connectivity index (χ2v) is 5.46. The number of nitrogens with zero attached hydrogens (tertiary/aromatic N) is 2. The number of carboxylic acids is 1. The third-order valence-electron chi connectivity index (χ3n) is 4.35. The molecule has 0 atom stereocenters. The third kappa shape index (κ3) is 2.32. The minimum Gasteiger partial charge on any atom is -0.478 e. The lowest BCUT2D eigenvalue weighted by Crippen LogP contribution is -2.30. The summed E-state index contributed by atoms with van der Waals surface area (Å²) in [4.78, 5) is 13.6. The highest BCUT2D eigenvalue weighted by molar-refractivity contribution is 5.95. The Morgan fingerprint density at radius 3 is 2.86 bits per heavy atom. The molecule has 1 aromatic carbocycles. The van der Waals surface area contributed by atoms with Crippen molar-refractivity contribution in [1.82, 2.24) is 9.47 Å². The van der Waals surface area contributed by atoms with Gasteiger partial charge in [-0.25, -0.2) is 4.79 Å². The molecule has 0 spiro atoms. The highest BCUT2D eigenvalue weighted by Gasteiger charge is 2.23. The minimum absolute atomic E-state index is 0.0917. The molecule has 1 aromatic heterocycles. The molecule has 1 aliphatic rings. The first-order chi connectivity index (χ1) is 10.2. The van der Waals surface area contributed by atoms with E-state index in [9.17, 15) is 15.0 Å². The first kappa shape index (κ1) is 14.1. The van der Waals surface area contributed by atoms with E-state index < -0.39 is 5.97 Å². The molecule has 2 N–H and O–H groups in total. The standard InChI is InChI=1S/C16H20N2O3/c1-2-17-6-5-15-13(10-17)12-9-11(16(20)21)3-4-14(12)18(15)7-8-19/h3-4,9,19H,2,5-8,10H2,1H3,(H,20,21). The van der Waals surface area contributed by atoms with Crippen LogP contribution in [-0.4, -0.2) is 45.3 Å². The molecule has 0 saturated heterocycles. The van der Waals surface area contributed by atoms with Crippen molar-refractivity contribution in [1.29, 1.82) is 0 Å². The van der Waals surface area contributed by atoms with Gasteiger partial charge >= 0.3 is 5.97 Å². The Hall–Kier alpha value is -1.85. The molecule has 2 aromatic rings. The number of benzene rings is 1. The van der Waals surface area contributed by atoms with E-state index in [1.54, 1.807) is 12.1 Å². The molecule has 2 heterocycles. The van der Waals surface area contributed by atoms with Gasteiger partial charge in [-0.3, -0.25) is 4.90 Å². The maximum Gasteiger partial charge on any atom is 0.335 e. The molecule has 3 rings (SSSR count). The lowest BCUT2D eigenvalue weighted by molar-refractivity contribution is 0.0697. The first-order valence-corrected chi connectivity index (χ1v) is 7.36. The van der Waals surface area contributed by atoms with Crippen LogP contribution in [0.1, 0.15) is 28.5 Å². The van der Waals surface area contributed by atoms with Crippen molar-refractivity contribution >= 4 is 16.9 Å². The largest absolute Gasteiger partial charge is 0.478 e. The summed E-state index contributed by atoms with van der Waals surface area (Å²) >= 11 is 0. The van der Waals surface area contributed by atoms with E-state index in [4.69, 9.17) is 0 Å². The first-order valence-electron chi connectivity index (χ1n) is 7.36. The summed E-state index contributed by atoms with van der Waals surface area (Å²) in [6, 6.07) is 5.27. The summed E-state index contributed by atoms with van der Waals surface area (Å²) in [5.41, 5.74) is 3.80. The number of carbonyl (C=O) groups is 1. The number of hydrogen-bond acceptors (Lipinski definition) is 3. The molecule has 0 bridgehead atoms. The number of fused-ring (bicyclic) bond motifs is 3. The fourth-order valence-electron chi connectivity index (χ4n) is 3.26. The highest BCUT2D eigenvalue weighted by Crippen LogP contribution is 2.31. The molecular formula is C16H20N2O3. The van der Waals surface area contributed by atoms with Gasteiger partial charge in [0.1, 0.15) is 0 Å². The summed E-state index contributed by atoms with van der Waals surface area (Å²) in [5.74, 6) is -0.899. The maximum absolute atomic E-state index is 11.2. The lowest BCUT2D eigenvalue weighted by atomic mass is 10.0. The molecule has 0 amide bonds. The fourth-order valence-corrected chi connectivity index (χ4v) is 3.26. The second kappa shape index (κ2) is 5.50. The van der Waals surface area contributed by atoms with Crippen LogP contribution in [0.25, 0.3) is 10.9 Å². The minimum atomic E-state index is -0.899. The number of aliphatic hydroxyl groups is 1. The van der Waals surface area contributed by atoms with Gasteiger partial charge in [0, 0.05) is 42.7 Å². The van der Waals surface area contributed by atoms with E-state index in [2.05, 4.69) is 16.4 Å². The van der Waals surface area contributed by atoms with E-state index in [1.807, 2.05) is 6.07 Å². The maximum atomic E-state index is 11.2. The van der Waals surface area contributed by atoms with E-state index in [-0.39, 0.29) is 6.61 Å². The van der Waals surface area contributed by atoms with E-state index >= 15 is 0 Å². The van der Waals surface area contributed by atoms with Crippen LogP contribution in [0.15, 0.2) is 18.2 Å². The van der Waals surface area contributed by atoms with Crippen molar-refractivity contribution in [3.63, 3.8) is 0 Å². The zero-order chi connectivity index (χ0) is 15.0. The normalized spacial score (nSPS) is 15.3. The smallest absolute Gasteiger partial charge is 0.335 e. The molecule has 1 aliphatic heterocycles. The molecule has 0 radical (unpaired) electrons. The average molecular weight is 288 g/mol. The Morgan fingerprint density at radius 2 is 2.19 bits per heavy atom. The molecular weight excluding hydrogens is 268 g/mol. The van der Waals surface area contributed by atoms with Gasteiger partial charge in [0.05, 0.1) is 12.2 Å². The molecule has 5 nitrogen and oxygen atoms in total. The summed E-state index contributed by atoms with van der Waals surface area (Å²) in [6.07, 6.45) is 0.945. The van der Waals surface area contributed by atoms with Crippen molar-refractivity contribution in [2.45, 2.75) is 26.4 Å². The predicted molar refractivity (Wildman–Crippen MR) is 80.6 cm³/mol. The molecule has 0 unspecified atom stereocenters. The lowest BCUT2D eigenvalue weighted by Gasteiger charge is -2.26. The van der Waals surface area contributed by atoms with Gasteiger partial charge in [0.2, 0.25) is 0 Å². The Kier molecular flexibility index (Phi) is 3.69. The van der Waals surface area contributed by atoms with E-state index in [0.717, 1.165) is 37.0 Å². The van der Waals surface area contributed by atoms with Gasteiger partial charge in [-0.05, 0) is 30.3 Å². The summed E-state index contributed by atoms with van der Waals surface area (Å²) in [5, 5.41) is 19.5. The van der Waals surface area contributed by atoms with Crippen LogP contribution in [0.5, 0.6) is 0 Å². The molecule has 21 heavy (non-hydrogen) atoms. The summed E-state index contributed by atoms with van der Waals surface area (Å²) < 4.78 is 2.14. The molecule has 0 saturated carbocycles. The van der Waals surface area contributed by atoms with Gasteiger partial charge in [0.25, 0.3) is 0 Å². The van der Waals surface area contributed by atoms with E-state index in [0.29, 0.717) is 12.1 Å². The number of aliphatic hydroxyl groups excluding tert-OH is 1. The van der Waals surface area contributed by atoms with Crippen LogP contribution in [0.2, 0.25) is 0 Å². The Labute approximate surface area is 123 Å². The number of aromatic carboxylic acids is 1. The van der Waals surface area contributed by atoms with Crippen LogP contribution in [0, 0.1) is 0 Å². The fraction of sp³-hybridized carbons (Fsp3) is 0.438. The Morgan fingerprint density at radius 1 is 1.38 bits per heavy atom. The van der Waals surface area contributed by atoms with Crippen LogP contribution >= 0.6 is 0 Å². The summed E-state index contributed by atoms with van der Waals surface area (Å²) in [6.45, 7) is 5.64. The zero-order valence-corrected chi connectivity index (χ0v) is 12.2. The molecule has 0 aliphatic carbocycles. The number of carboxylic acid groups (broad SMARTS) is 1. The van der Waals surface area contributed by atoms with Crippen molar-refractivity contribution in [2.24, 2.45) is 0 Å². The van der Waals surface area contributed by atoms with Gasteiger partial charge in [-0.15, -0.1) is 0 Å². The van der Waals surface area contributed by atoms with Gasteiger partial charge in [0.15, 0.2) is 0 Å². The average Bonchev–Trinajstić information content (AvgIpc) is 2.80. The molecule has 5 heteroatoms. The van der Waals surface area contributed by atoms with Crippen molar-refractivity contribution < 1.29 is 15.0 Å².